The second-order valence-corrected chi connectivity index (χ2v) is 12.7. The number of imidazole rings is 1. The summed E-state index contributed by atoms with van der Waals surface area (Å²) < 4.78 is 18.8. The molecule has 0 radical (unpaired) electrons. The molecule has 0 spiro atoms. The lowest BCUT2D eigenvalue weighted by molar-refractivity contribution is -0.146. The number of anilines is 1. The van der Waals surface area contributed by atoms with Crippen molar-refractivity contribution >= 4 is 34.6 Å². The molecule has 0 amide bonds. The fourth-order valence-corrected chi connectivity index (χ4v) is 7.91. The predicted molar refractivity (Wildman–Crippen MR) is 146 cm³/mol. The third-order valence-corrected chi connectivity index (χ3v) is 10.1. The highest BCUT2D eigenvalue weighted by Crippen LogP contribution is 2.52. The Balaban J connectivity index is 1.19. The molecule has 2 aliphatic carbocycles. The number of rotatable bonds is 6. The molecule has 6 nitrogen and oxygen atoms in total. The summed E-state index contributed by atoms with van der Waals surface area (Å²) in [6.07, 6.45) is 2.91. The summed E-state index contributed by atoms with van der Waals surface area (Å²) in [5.41, 5.74) is 3.23. The van der Waals surface area contributed by atoms with E-state index in [1.54, 1.807) is 11.9 Å². The summed E-state index contributed by atoms with van der Waals surface area (Å²) in [4.78, 5) is 20.4. The average Bonchev–Trinajstić information content (AvgIpc) is 3.46. The van der Waals surface area contributed by atoms with Crippen molar-refractivity contribution in [3.05, 3.63) is 53.9 Å². The lowest BCUT2D eigenvalue weighted by Crippen LogP contribution is -2.46. The molecule has 2 saturated carbocycles. The van der Waals surface area contributed by atoms with Gasteiger partial charge in [-0.15, -0.1) is 0 Å². The predicted octanol–water partition coefficient (Wildman–Crippen LogP) is 5.79. The second-order valence-electron chi connectivity index (χ2n) is 11.5. The van der Waals surface area contributed by atoms with Gasteiger partial charge in [0.2, 0.25) is 0 Å². The fourth-order valence-electron chi connectivity index (χ4n) is 7.07. The van der Waals surface area contributed by atoms with Crippen molar-refractivity contribution in [2.45, 2.75) is 68.1 Å². The Morgan fingerprint density at radius 2 is 1.89 bits per heavy atom. The lowest BCUT2D eigenvalue weighted by atomic mass is 9.67. The van der Waals surface area contributed by atoms with Crippen molar-refractivity contribution in [2.75, 3.05) is 17.9 Å². The Morgan fingerprint density at radius 1 is 1.16 bits per heavy atom. The number of benzene rings is 2. The Morgan fingerprint density at radius 3 is 2.54 bits per heavy atom. The van der Waals surface area contributed by atoms with Crippen LogP contribution in [0.5, 0.6) is 0 Å². The molecule has 37 heavy (non-hydrogen) atoms. The number of carbonyl (C=O) groups is 1. The van der Waals surface area contributed by atoms with E-state index < -0.39 is 17.6 Å². The van der Waals surface area contributed by atoms with Crippen LogP contribution >= 0.6 is 11.9 Å². The molecule has 2 aliphatic heterocycles. The van der Waals surface area contributed by atoms with Gasteiger partial charge in [-0.1, -0.05) is 19.1 Å². The maximum Gasteiger partial charge on any atom is 0.307 e. The average molecular weight is 523 g/mol. The minimum absolute atomic E-state index is 0.0534. The van der Waals surface area contributed by atoms with Crippen LogP contribution in [0.25, 0.3) is 11.0 Å². The van der Waals surface area contributed by atoms with Crippen LogP contribution in [0.2, 0.25) is 0 Å². The minimum atomic E-state index is -1.00. The van der Waals surface area contributed by atoms with Crippen molar-refractivity contribution in [2.24, 2.45) is 18.9 Å². The van der Waals surface area contributed by atoms with Crippen molar-refractivity contribution in [3.63, 3.8) is 0 Å². The molecule has 4 aliphatic rings. The molecule has 2 saturated heterocycles. The number of hydrogen-bond acceptors (Lipinski definition) is 5. The molecule has 2 aromatic carbocycles. The highest BCUT2D eigenvalue weighted by atomic mass is 32.2. The Labute approximate surface area is 222 Å². The minimum Gasteiger partial charge on any atom is -0.481 e. The van der Waals surface area contributed by atoms with Crippen LogP contribution in [0.1, 0.15) is 49.9 Å². The van der Waals surface area contributed by atoms with Crippen molar-refractivity contribution in [3.8, 4) is 0 Å². The van der Waals surface area contributed by atoms with Gasteiger partial charge in [0.15, 0.2) is 0 Å². The summed E-state index contributed by atoms with van der Waals surface area (Å²) in [7, 11) is 4.07. The van der Waals surface area contributed by atoms with Crippen LogP contribution in [0.3, 0.4) is 0 Å². The number of aromatic nitrogens is 2. The number of nitrogens with zero attached hydrogens (tertiary/aromatic N) is 4. The molecule has 196 valence electrons. The third-order valence-electron chi connectivity index (χ3n) is 9.11. The number of carboxylic acid groups (broad SMARTS) is 1. The first-order valence-electron chi connectivity index (χ1n) is 13.2. The number of fused-ring (bicyclic) bond motifs is 2. The molecular formula is C29H35FN4O2S. The number of aliphatic carboxylic acids is 1. The van der Waals surface area contributed by atoms with Gasteiger partial charge in [0.1, 0.15) is 11.5 Å². The van der Waals surface area contributed by atoms with E-state index in [-0.39, 0.29) is 17.9 Å². The van der Waals surface area contributed by atoms with E-state index in [0.717, 1.165) is 45.8 Å². The van der Waals surface area contributed by atoms with Crippen LogP contribution in [0.15, 0.2) is 47.4 Å². The normalized spacial score (nSPS) is 31.4. The number of hydrogen-bond donors (Lipinski definition) is 1. The van der Waals surface area contributed by atoms with Crippen LogP contribution in [-0.2, 0) is 11.8 Å². The molecule has 3 heterocycles. The standard InChI is InChI=1S/C29H35FN4O2S/c1-17-11-21(34-16-29(30)14-22(34)15-29)12-24(27(17)28(35)36)19-5-7-20(8-6-19)33(4)37-23-9-10-26-25(13-23)31-18(2)32(26)3/h5-10,13,17,21-22,24,27H,11-12,14-16H2,1-4H3,(H,35,36)/t17-,21?,22?,24-,27?,29?/m0/s1. The van der Waals surface area contributed by atoms with E-state index in [9.17, 15) is 14.3 Å². The molecule has 7 rings (SSSR count). The van der Waals surface area contributed by atoms with Gasteiger partial charge in [0.25, 0.3) is 0 Å². The molecule has 1 N–H and O–H groups in total. The van der Waals surface area contributed by atoms with Crippen LogP contribution < -0.4 is 4.31 Å². The Kier molecular flexibility index (Phi) is 6.03. The maximum absolute atomic E-state index is 14.6. The number of aryl methyl sites for hydroxylation is 2. The second kappa shape index (κ2) is 9.02. The van der Waals surface area contributed by atoms with E-state index in [1.165, 1.54) is 0 Å². The molecule has 2 bridgehead atoms. The molecule has 2 unspecified atom stereocenters. The zero-order valence-corrected chi connectivity index (χ0v) is 22.7. The first kappa shape index (κ1) is 24.7. The quantitative estimate of drug-likeness (QED) is 0.413. The molecule has 4 atom stereocenters. The van der Waals surface area contributed by atoms with E-state index in [4.69, 9.17) is 0 Å². The highest BCUT2D eigenvalue weighted by Gasteiger charge is 2.58. The van der Waals surface area contributed by atoms with Gasteiger partial charge in [-0.2, -0.15) is 0 Å². The maximum atomic E-state index is 14.6. The fraction of sp³-hybridized carbons (Fsp3) is 0.517. The van der Waals surface area contributed by atoms with Gasteiger partial charge in [0, 0.05) is 43.3 Å². The van der Waals surface area contributed by atoms with Crippen molar-refractivity contribution in [1.82, 2.24) is 14.5 Å². The molecule has 4 fully saturated rings. The largest absolute Gasteiger partial charge is 0.481 e. The molecule has 8 heteroatoms. The first-order chi connectivity index (χ1) is 17.6. The van der Waals surface area contributed by atoms with Crippen molar-refractivity contribution in [1.29, 1.82) is 0 Å². The molecule has 1 aromatic heterocycles. The van der Waals surface area contributed by atoms with Crippen LogP contribution in [0.4, 0.5) is 10.1 Å². The van der Waals surface area contributed by atoms with E-state index in [2.05, 4.69) is 68.1 Å². The van der Waals surface area contributed by atoms with Gasteiger partial charge in [-0.05, 0) is 92.3 Å². The van der Waals surface area contributed by atoms with Crippen LogP contribution in [0, 0.1) is 18.8 Å². The van der Waals surface area contributed by atoms with Crippen LogP contribution in [-0.4, -0.2) is 56.9 Å². The van der Waals surface area contributed by atoms with Gasteiger partial charge >= 0.3 is 5.97 Å². The van der Waals surface area contributed by atoms with Gasteiger partial charge in [0.05, 0.1) is 17.0 Å². The monoisotopic (exact) mass is 522 g/mol. The lowest BCUT2D eigenvalue weighted by Gasteiger charge is -2.43. The summed E-state index contributed by atoms with van der Waals surface area (Å²) >= 11 is 1.64. The zero-order chi connectivity index (χ0) is 26.1. The number of carboxylic acids is 1. The third kappa shape index (κ3) is 4.32. The summed E-state index contributed by atoms with van der Waals surface area (Å²) in [6, 6.07) is 15.3. The zero-order valence-electron chi connectivity index (χ0n) is 21.9. The molecular weight excluding hydrogens is 487 g/mol. The summed E-state index contributed by atoms with van der Waals surface area (Å²) in [5.74, 6) is -0.162. The SMILES string of the molecule is Cc1nc2cc(SN(C)c3ccc([C@@H]4CC(N5CC6(F)CC5C6)C[C@H](C)C4C(=O)O)cc3)ccc2n1C. The van der Waals surface area contributed by atoms with Gasteiger partial charge in [-0.3, -0.25) is 9.69 Å². The van der Waals surface area contributed by atoms with Crippen molar-refractivity contribution < 1.29 is 14.3 Å². The number of alkyl halides is 1. The first-order valence-corrected chi connectivity index (χ1v) is 14.0. The molecule has 3 aromatic rings. The Hall–Kier alpha value is -2.58. The topological polar surface area (TPSA) is 61.6 Å². The summed E-state index contributed by atoms with van der Waals surface area (Å²) in [6.45, 7) is 4.59. The summed E-state index contributed by atoms with van der Waals surface area (Å²) in [5, 5.41) is 10.1. The smallest absolute Gasteiger partial charge is 0.307 e. The van der Waals surface area contributed by atoms with E-state index in [1.807, 2.05) is 21.0 Å². The van der Waals surface area contributed by atoms with Gasteiger partial charge in [-0.25, -0.2) is 9.37 Å². The van der Waals surface area contributed by atoms with Gasteiger partial charge < -0.3 is 14.0 Å². The van der Waals surface area contributed by atoms with E-state index >= 15 is 0 Å². The highest BCUT2D eigenvalue weighted by molar-refractivity contribution is 8.00. The van der Waals surface area contributed by atoms with E-state index in [0.29, 0.717) is 25.4 Å². The Bertz CT molecular complexity index is 1340. The number of halogens is 1.